The molecule has 0 amide bonds. The lowest BCUT2D eigenvalue weighted by molar-refractivity contribution is -0.567. The SMILES string of the molecule is [2H]c1c([2H])c([2H])c(-c2cc3c4c(c2)n(-c2cccc(Oc5ccc6c7cc([Si](c8ccccc8)(c8ccccc8)c8ccccc8)ccc7n(-c7cc(C(C)(C)C)ccn7)c6c5)c2)c[n+]4-c2c(cc(C(C)(C)C)cc2C(C)(C)C)-c2ccccc2-c2ccccc2-3)c([2H])c1[2H]. The van der Waals surface area contributed by atoms with Crippen LogP contribution >= 0.6 is 0 Å². The number of ether oxygens (including phenoxy) is 1. The summed E-state index contributed by atoms with van der Waals surface area (Å²) in [4.78, 5) is 5.13. The third-order valence-corrected chi connectivity index (χ3v) is 23.1. The molecule has 14 aromatic rings. The number of imidazole rings is 1. The third kappa shape index (κ3) is 9.51. The lowest BCUT2D eigenvalue weighted by Gasteiger charge is -2.34. The molecule has 0 saturated heterocycles. The highest BCUT2D eigenvalue weighted by Crippen LogP contribution is 2.48. The largest absolute Gasteiger partial charge is 0.457 e. The Labute approximate surface area is 536 Å². The van der Waals surface area contributed by atoms with Gasteiger partial charge in [0.05, 0.1) is 17.9 Å². The molecule has 0 bridgehead atoms. The molecule has 11 aromatic carbocycles. The second-order valence-corrected chi connectivity index (χ2v) is 30.9. The van der Waals surface area contributed by atoms with Gasteiger partial charge in [-0.1, -0.05) is 256 Å². The van der Waals surface area contributed by atoms with Crippen molar-refractivity contribution in [2.45, 2.75) is 78.6 Å². The number of fused-ring (bicyclic) bond motifs is 10. The van der Waals surface area contributed by atoms with Gasteiger partial charge in [0.1, 0.15) is 28.7 Å². The quantitative estimate of drug-likeness (QED) is 0.0820. The Morgan fingerprint density at radius 1 is 0.422 bits per heavy atom. The number of nitrogens with zero attached hydrogens (tertiary/aromatic N) is 4. The Balaban J connectivity index is 0.961. The van der Waals surface area contributed by atoms with Crippen LogP contribution in [0.5, 0.6) is 11.5 Å². The minimum Gasteiger partial charge on any atom is -0.457 e. The van der Waals surface area contributed by atoms with Gasteiger partial charge in [0.15, 0.2) is 19.1 Å². The highest BCUT2D eigenvalue weighted by molar-refractivity contribution is 7.20. The van der Waals surface area contributed by atoms with Gasteiger partial charge in [-0.15, -0.1) is 0 Å². The molecule has 0 aliphatic carbocycles. The van der Waals surface area contributed by atoms with Crippen LogP contribution in [0.3, 0.4) is 0 Å². The van der Waals surface area contributed by atoms with E-state index in [-0.39, 0.29) is 46.0 Å². The number of benzene rings is 11. The number of hydrogen-bond acceptors (Lipinski definition) is 2. The summed E-state index contributed by atoms with van der Waals surface area (Å²) in [7, 11) is -2.92. The fourth-order valence-electron chi connectivity index (χ4n) is 13.9. The first-order valence-electron chi connectivity index (χ1n) is 33.7. The van der Waals surface area contributed by atoms with Crippen LogP contribution < -0.4 is 30.1 Å². The highest BCUT2D eigenvalue weighted by atomic mass is 28.3. The van der Waals surface area contributed by atoms with Crippen LogP contribution in [-0.2, 0) is 16.2 Å². The summed E-state index contributed by atoms with van der Waals surface area (Å²) >= 11 is 0. The van der Waals surface area contributed by atoms with E-state index in [1.165, 1.54) is 31.9 Å². The van der Waals surface area contributed by atoms with Crippen LogP contribution in [0.4, 0.5) is 0 Å². The molecule has 6 heteroatoms. The average molecular weight is 1190 g/mol. The molecule has 0 radical (unpaired) electrons. The van der Waals surface area contributed by atoms with Crippen molar-refractivity contribution in [1.82, 2.24) is 14.1 Å². The second-order valence-electron chi connectivity index (χ2n) is 27.1. The Kier molecular flexibility index (Phi) is 12.2. The minimum atomic E-state index is -2.92. The topological polar surface area (TPSA) is 35.9 Å². The molecule has 1 aliphatic heterocycles. The van der Waals surface area contributed by atoms with Crippen LogP contribution in [0.25, 0.3) is 94.5 Å². The summed E-state index contributed by atoms with van der Waals surface area (Å²) in [5, 5.41) is 7.35. The third-order valence-electron chi connectivity index (χ3n) is 18.3. The number of aromatic nitrogens is 4. The van der Waals surface area contributed by atoms with E-state index >= 15 is 0 Å². The van der Waals surface area contributed by atoms with Crippen molar-refractivity contribution < 1.29 is 16.2 Å². The van der Waals surface area contributed by atoms with Gasteiger partial charge in [-0.25, -0.2) is 4.98 Å². The molecule has 5 nitrogen and oxygen atoms in total. The van der Waals surface area contributed by atoms with Crippen LogP contribution in [0.2, 0.25) is 0 Å². The summed E-state index contributed by atoms with van der Waals surface area (Å²) in [6.45, 7) is 20.4. The molecular formula is C84H73N4OSi+. The number of rotatable bonds is 9. The predicted molar refractivity (Wildman–Crippen MR) is 378 cm³/mol. The molecule has 0 spiro atoms. The Morgan fingerprint density at radius 2 is 1.01 bits per heavy atom. The summed E-state index contributed by atoms with van der Waals surface area (Å²) < 4.78 is 59.2. The lowest BCUT2D eigenvalue weighted by atomic mass is 9.77. The van der Waals surface area contributed by atoms with E-state index in [2.05, 4.69) is 295 Å². The van der Waals surface area contributed by atoms with Crippen molar-refractivity contribution in [3.05, 3.63) is 296 Å². The fraction of sp³-hybridized carbons (Fsp3) is 0.143. The zero-order chi connectivity index (χ0) is 66.0. The van der Waals surface area contributed by atoms with Crippen LogP contribution in [0.1, 0.15) is 85.9 Å². The van der Waals surface area contributed by atoms with Gasteiger partial charge in [-0.05, 0) is 142 Å². The first-order valence-corrected chi connectivity index (χ1v) is 33.2. The Hall–Kier alpha value is -10.1. The molecule has 0 fully saturated rings. The van der Waals surface area contributed by atoms with Gasteiger partial charge < -0.3 is 4.74 Å². The first-order chi connectivity index (χ1) is 45.6. The molecule has 0 unspecified atom stereocenters. The van der Waals surface area contributed by atoms with Gasteiger partial charge >= 0.3 is 0 Å². The van der Waals surface area contributed by atoms with Crippen molar-refractivity contribution in [2.24, 2.45) is 0 Å². The number of hydrogen-bond donors (Lipinski definition) is 0. The van der Waals surface area contributed by atoms with Gasteiger partial charge in [0.2, 0.25) is 0 Å². The van der Waals surface area contributed by atoms with Crippen molar-refractivity contribution in [3.8, 4) is 73.2 Å². The summed E-state index contributed by atoms with van der Waals surface area (Å²) in [6, 6.07) is 83.3. The maximum Gasteiger partial charge on any atom is 0.255 e. The molecule has 4 heterocycles. The Bertz CT molecular complexity index is 5280. The summed E-state index contributed by atoms with van der Waals surface area (Å²) in [5.74, 6) is 2.06. The smallest absolute Gasteiger partial charge is 0.255 e. The fourth-order valence-corrected chi connectivity index (χ4v) is 18.6. The van der Waals surface area contributed by atoms with E-state index in [1.54, 1.807) is 0 Å². The van der Waals surface area contributed by atoms with Crippen molar-refractivity contribution in [3.63, 3.8) is 0 Å². The van der Waals surface area contributed by atoms with E-state index < -0.39 is 14.1 Å². The van der Waals surface area contributed by atoms with Crippen molar-refractivity contribution >= 4 is 61.7 Å². The Morgan fingerprint density at radius 3 is 1.62 bits per heavy atom. The molecule has 438 valence electrons. The zero-order valence-corrected chi connectivity index (χ0v) is 53.4. The monoisotopic (exact) mass is 1190 g/mol. The number of pyridine rings is 1. The normalized spacial score (nSPS) is 13.3. The molecule has 1 aliphatic rings. The van der Waals surface area contributed by atoms with E-state index in [0.717, 1.165) is 89.0 Å². The van der Waals surface area contributed by atoms with E-state index in [1.807, 2.05) is 30.5 Å². The van der Waals surface area contributed by atoms with Gasteiger partial charge in [0.25, 0.3) is 6.33 Å². The van der Waals surface area contributed by atoms with E-state index in [0.29, 0.717) is 17.1 Å². The molecule has 3 aromatic heterocycles. The molecule has 90 heavy (non-hydrogen) atoms. The minimum absolute atomic E-state index is 0.128. The highest BCUT2D eigenvalue weighted by Gasteiger charge is 2.42. The molecule has 0 N–H and O–H groups in total. The van der Waals surface area contributed by atoms with Gasteiger partial charge in [-0.2, -0.15) is 9.13 Å². The second kappa shape index (κ2) is 21.6. The van der Waals surface area contributed by atoms with Crippen molar-refractivity contribution in [1.29, 1.82) is 0 Å². The van der Waals surface area contributed by atoms with Crippen LogP contribution in [0, 0.1) is 0 Å². The average Bonchev–Trinajstić information content (AvgIpc) is 1.62. The molecule has 15 rings (SSSR count). The molecular weight excluding hydrogens is 1110 g/mol. The maximum atomic E-state index is 9.40. The first kappa shape index (κ1) is 50.8. The zero-order valence-electron chi connectivity index (χ0n) is 57.4. The van der Waals surface area contributed by atoms with Gasteiger partial charge in [0, 0.05) is 45.8 Å². The predicted octanol–water partition coefficient (Wildman–Crippen LogP) is 18.4. The summed E-state index contributed by atoms with van der Waals surface area (Å²) in [6.07, 6.45) is 4.09. The maximum absolute atomic E-state index is 9.40. The molecule has 0 atom stereocenters. The molecule has 0 saturated carbocycles. The van der Waals surface area contributed by atoms with Crippen LogP contribution in [-0.4, -0.2) is 22.2 Å². The van der Waals surface area contributed by atoms with Gasteiger partial charge in [-0.3, -0.25) is 4.57 Å². The van der Waals surface area contributed by atoms with Crippen LogP contribution in [0.15, 0.2) is 279 Å². The van der Waals surface area contributed by atoms with E-state index in [4.69, 9.17) is 13.8 Å². The standard InChI is InChI=1S/C84H73N4OSi/c1-82(2,3)58-45-46-85-79(51-58)88-76-44-42-66(90(63-31-16-11-17-32-63,64-33-18-12-19-34-64)65-35-20-13-21-36-65)54-72(76)71-43-41-62(53-77(71)88)89-61-30-26-29-60(52-61)86-55-87-80-74(49-59(83(4,5)6)50-75(80)84(7,8)9)70-40-25-23-38-68(70)67-37-22-24-39-69(67)73-47-57(48-78(86)81(73)87)56-27-14-10-15-28-56/h10-55H,1-9H3/q+1/i10D,14D,15D,27D,28D. The van der Waals surface area contributed by atoms with Crippen molar-refractivity contribution in [2.75, 3.05) is 0 Å². The lowest BCUT2D eigenvalue weighted by Crippen LogP contribution is -2.74. The summed E-state index contributed by atoms with van der Waals surface area (Å²) in [5.41, 5.74) is 15.0. The van der Waals surface area contributed by atoms with E-state index in [9.17, 15) is 2.74 Å².